The number of hydrazine groups is 1. The fourth-order valence-corrected chi connectivity index (χ4v) is 6.32. The lowest BCUT2D eigenvalue weighted by Crippen LogP contribution is -2.61. The van der Waals surface area contributed by atoms with E-state index < -0.39 is 0 Å². The summed E-state index contributed by atoms with van der Waals surface area (Å²) in [5.74, 6) is 1.80. The zero-order valence-corrected chi connectivity index (χ0v) is 17.5. The van der Waals surface area contributed by atoms with Crippen LogP contribution in [0.25, 0.3) is 0 Å². The fraction of sp³-hybridized carbons (Fsp3) is 0.909. The van der Waals surface area contributed by atoms with Crippen LogP contribution < -0.4 is 16.1 Å². The molecule has 2 saturated heterocycles. The highest BCUT2D eigenvalue weighted by Gasteiger charge is 2.44. The third-order valence-electron chi connectivity index (χ3n) is 7.76. The molecule has 2 aliphatic heterocycles. The number of carbonyl (C=O) groups is 1. The number of nitrogens with zero attached hydrogens (tertiary/aromatic N) is 2. The van der Waals surface area contributed by atoms with Crippen LogP contribution in [-0.4, -0.2) is 41.8 Å². The van der Waals surface area contributed by atoms with Gasteiger partial charge in [0.2, 0.25) is 5.91 Å². The third-order valence-corrected chi connectivity index (χ3v) is 7.76. The Kier molecular flexibility index (Phi) is 6.24. The van der Waals surface area contributed by atoms with E-state index in [-0.39, 0.29) is 23.9 Å². The topological polar surface area (TPSA) is 80.2 Å². The highest BCUT2D eigenvalue weighted by Crippen LogP contribution is 2.40. The average Bonchev–Trinajstić information content (AvgIpc) is 3.12. The average molecular weight is 388 g/mol. The summed E-state index contributed by atoms with van der Waals surface area (Å²) in [5, 5.41) is 18.6. The number of amides is 1. The SMILES string of the molecule is CC1CC(C)N2NCC(C(=O)NC3CCCC(C4CCCC(C#N)C4)C3)C2N1. The first-order valence-electron chi connectivity index (χ1n) is 11.5. The molecule has 1 amide bonds. The maximum atomic E-state index is 13.1. The number of nitriles is 1. The van der Waals surface area contributed by atoms with Crippen molar-refractivity contribution in [2.45, 2.75) is 95.9 Å². The summed E-state index contributed by atoms with van der Waals surface area (Å²) in [7, 11) is 0. The molecule has 2 aliphatic carbocycles. The molecular formula is C22H37N5O. The smallest absolute Gasteiger partial charge is 0.227 e. The van der Waals surface area contributed by atoms with Gasteiger partial charge in [-0.05, 0) is 57.8 Å². The van der Waals surface area contributed by atoms with Crippen LogP contribution in [0.2, 0.25) is 0 Å². The zero-order chi connectivity index (χ0) is 19.7. The van der Waals surface area contributed by atoms with E-state index in [0.717, 1.165) is 38.6 Å². The molecule has 6 nitrogen and oxygen atoms in total. The predicted octanol–water partition coefficient (Wildman–Crippen LogP) is 2.52. The lowest BCUT2D eigenvalue weighted by molar-refractivity contribution is -0.127. The van der Waals surface area contributed by atoms with Gasteiger partial charge in [-0.15, -0.1) is 0 Å². The van der Waals surface area contributed by atoms with Gasteiger partial charge in [0.25, 0.3) is 0 Å². The van der Waals surface area contributed by atoms with Crippen LogP contribution >= 0.6 is 0 Å². The first-order chi connectivity index (χ1) is 13.5. The van der Waals surface area contributed by atoms with Crippen molar-refractivity contribution in [3.05, 3.63) is 0 Å². The van der Waals surface area contributed by atoms with E-state index >= 15 is 0 Å². The summed E-state index contributed by atoms with van der Waals surface area (Å²) in [6, 6.07) is 3.71. The molecule has 0 aromatic heterocycles. The second-order valence-corrected chi connectivity index (χ2v) is 9.86. The molecule has 0 bridgehead atoms. The largest absolute Gasteiger partial charge is 0.353 e. The van der Waals surface area contributed by atoms with E-state index in [1.807, 2.05) is 0 Å². The molecule has 2 heterocycles. The molecule has 8 unspecified atom stereocenters. The molecule has 0 aromatic carbocycles. The first-order valence-corrected chi connectivity index (χ1v) is 11.5. The molecule has 4 aliphatic rings. The molecule has 0 radical (unpaired) electrons. The molecule has 2 saturated carbocycles. The Morgan fingerprint density at radius 3 is 2.61 bits per heavy atom. The van der Waals surface area contributed by atoms with Gasteiger partial charge in [0, 0.05) is 30.6 Å². The summed E-state index contributed by atoms with van der Waals surface area (Å²) in [6.45, 7) is 5.18. The lowest BCUT2D eigenvalue weighted by Gasteiger charge is -2.41. The van der Waals surface area contributed by atoms with Gasteiger partial charge >= 0.3 is 0 Å². The number of carbonyl (C=O) groups excluding carboxylic acids is 1. The summed E-state index contributed by atoms with van der Waals surface area (Å²) in [6.07, 6.45) is 10.5. The third kappa shape index (κ3) is 4.22. The monoisotopic (exact) mass is 387 g/mol. The Morgan fingerprint density at radius 2 is 1.82 bits per heavy atom. The van der Waals surface area contributed by atoms with Gasteiger partial charge < -0.3 is 5.32 Å². The van der Waals surface area contributed by atoms with Crippen LogP contribution in [0.4, 0.5) is 0 Å². The summed E-state index contributed by atoms with van der Waals surface area (Å²) in [5.41, 5.74) is 3.45. The number of hydrogen-bond acceptors (Lipinski definition) is 5. The van der Waals surface area contributed by atoms with Crippen LogP contribution in [0.5, 0.6) is 0 Å². The van der Waals surface area contributed by atoms with Crippen molar-refractivity contribution in [1.82, 2.24) is 21.1 Å². The molecule has 8 atom stereocenters. The highest BCUT2D eigenvalue weighted by molar-refractivity contribution is 5.80. The Hall–Kier alpha value is -1.16. The summed E-state index contributed by atoms with van der Waals surface area (Å²) in [4.78, 5) is 13.1. The molecule has 156 valence electrons. The zero-order valence-electron chi connectivity index (χ0n) is 17.5. The van der Waals surface area contributed by atoms with Crippen LogP contribution in [0.1, 0.15) is 71.6 Å². The quantitative estimate of drug-likeness (QED) is 0.693. The number of fused-ring (bicyclic) bond motifs is 1. The van der Waals surface area contributed by atoms with E-state index in [0.29, 0.717) is 30.0 Å². The minimum atomic E-state index is -0.0248. The summed E-state index contributed by atoms with van der Waals surface area (Å²) >= 11 is 0. The van der Waals surface area contributed by atoms with Crippen molar-refractivity contribution < 1.29 is 4.79 Å². The summed E-state index contributed by atoms with van der Waals surface area (Å²) < 4.78 is 0. The molecule has 0 aromatic rings. The van der Waals surface area contributed by atoms with Crippen LogP contribution in [0, 0.1) is 35.0 Å². The van der Waals surface area contributed by atoms with E-state index in [1.54, 1.807) is 0 Å². The van der Waals surface area contributed by atoms with Crippen LogP contribution in [-0.2, 0) is 4.79 Å². The van der Waals surface area contributed by atoms with Crippen LogP contribution in [0.15, 0.2) is 0 Å². The van der Waals surface area contributed by atoms with Crippen molar-refractivity contribution in [1.29, 1.82) is 5.26 Å². The molecule has 0 spiro atoms. The lowest BCUT2D eigenvalue weighted by atomic mass is 9.69. The maximum Gasteiger partial charge on any atom is 0.227 e. The minimum Gasteiger partial charge on any atom is -0.353 e. The van der Waals surface area contributed by atoms with Crippen molar-refractivity contribution in [2.24, 2.45) is 23.7 Å². The van der Waals surface area contributed by atoms with Gasteiger partial charge in [0.05, 0.1) is 18.2 Å². The molecular weight excluding hydrogens is 350 g/mol. The number of nitrogens with one attached hydrogen (secondary N) is 3. The Labute approximate surface area is 169 Å². The fourth-order valence-electron chi connectivity index (χ4n) is 6.32. The second kappa shape index (κ2) is 8.69. The van der Waals surface area contributed by atoms with Gasteiger partial charge in [-0.3, -0.25) is 15.5 Å². The highest BCUT2D eigenvalue weighted by atomic mass is 16.2. The molecule has 4 rings (SSSR count). The van der Waals surface area contributed by atoms with Gasteiger partial charge in [0.15, 0.2) is 0 Å². The Bertz CT molecular complexity index is 604. The number of rotatable bonds is 3. The molecule has 6 heteroatoms. The van der Waals surface area contributed by atoms with E-state index in [2.05, 4.69) is 41.0 Å². The van der Waals surface area contributed by atoms with Gasteiger partial charge in [0.1, 0.15) is 0 Å². The van der Waals surface area contributed by atoms with E-state index in [1.165, 1.54) is 25.7 Å². The maximum absolute atomic E-state index is 13.1. The van der Waals surface area contributed by atoms with E-state index in [4.69, 9.17) is 0 Å². The minimum absolute atomic E-state index is 0.0248. The normalized spacial score (nSPS) is 44.5. The molecule has 28 heavy (non-hydrogen) atoms. The number of hydrogen-bond donors (Lipinski definition) is 3. The van der Waals surface area contributed by atoms with Gasteiger partial charge in [-0.2, -0.15) is 5.26 Å². The van der Waals surface area contributed by atoms with Crippen LogP contribution in [0.3, 0.4) is 0 Å². The molecule has 3 N–H and O–H groups in total. The van der Waals surface area contributed by atoms with Gasteiger partial charge in [-0.1, -0.05) is 25.7 Å². The van der Waals surface area contributed by atoms with E-state index in [9.17, 15) is 10.1 Å². The molecule has 4 fully saturated rings. The van der Waals surface area contributed by atoms with Crippen molar-refractivity contribution >= 4 is 5.91 Å². The first kappa shape index (κ1) is 20.1. The van der Waals surface area contributed by atoms with Crippen molar-refractivity contribution in [3.63, 3.8) is 0 Å². The van der Waals surface area contributed by atoms with Gasteiger partial charge in [-0.25, -0.2) is 5.01 Å². The van der Waals surface area contributed by atoms with Crippen molar-refractivity contribution in [3.8, 4) is 6.07 Å². The Balaban J connectivity index is 1.32. The predicted molar refractivity (Wildman–Crippen MR) is 109 cm³/mol. The Morgan fingerprint density at radius 1 is 1.07 bits per heavy atom. The standard InChI is InChI=1S/C22H37N5O/c1-14-9-15(2)27-21(25-14)20(13-24-27)22(28)26-19-8-4-7-18(11-19)17-6-3-5-16(10-17)12-23/h14-21,24-25H,3-11,13H2,1-2H3,(H,26,28). The second-order valence-electron chi connectivity index (χ2n) is 9.86. The van der Waals surface area contributed by atoms with Crippen molar-refractivity contribution in [2.75, 3.05) is 6.54 Å².